The van der Waals surface area contributed by atoms with E-state index in [-0.39, 0.29) is 0 Å². The molecule has 0 radical (unpaired) electrons. The highest BCUT2D eigenvalue weighted by molar-refractivity contribution is 6.30. The molecule has 0 heterocycles. The van der Waals surface area contributed by atoms with E-state index in [1.165, 1.54) is 5.56 Å². The summed E-state index contributed by atoms with van der Waals surface area (Å²) in [5, 5.41) is 9.21. The molecule has 1 rings (SSSR count). The molecule has 1 nitrogen and oxygen atoms in total. The maximum atomic E-state index is 8.44. The predicted molar refractivity (Wildman–Crippen MR) is 54.7 cm³/mol. The van der Waals surface area contributed by atoms with Crippen LogP contribution in [0.3, 0.4) is 0 Å². The molecule has 0 aliphatic heterocycles. The SMILES string of the molecule is CC(CCC#N)c1cccc(Cl)c1. The van der Waals surface area contributed by atoms with Gasteiger partial charge in [0, 0.05) is 11.4 Å². The molecule has 1 aromatic carbocycles. The van der Waals surface area contributed by atoms with Crippen LogP contribution in [0.25, 0.3) is 0 Å². The van der Waals surface area contributed by atoms with E-state index in [1.807, 2.05) is 24.3 Å². The van der Waals surface area contributed by atoms with Gasteiger partial charge in [-0.05, 0) is 30.0 Å². The molecule has 1 atom stereocenters. The van der Waals surface area contributed by atoms with Crippen LogP contribution in [-0.2, 0) is 0 Å². The van der Waals surface area contributed by atoms with Crippen molar-refractivity contribution in [3.05, 3.63) is 34.9 Å². The average molecular weight is 194 g/mol. The second-order valence-corrected chi connectivity index (χ2v) is 3.59. The highest BCUT2D eigenvalue weighted by Crippen LogP contribution is 2.22. The third-order valence-corrected chi connectivity index (χ3v) is 2.34. The van der Waals surface area contributed by atoms with Crippen molar-refractivity contribution >= 4 is 11.6 Å². The second-order valence-electron chi connectivity index (χ2n) is 3.15. The number of rotatable bonds is 3. The first-order chi connectivity index (χ1) is 6.24. The Morgan fingerprint density at radius 2 is 2.31 bits per heavy atom. The van der Waals surface area contributed by atoms with Crippen LogP contribution in [0.15, 0.2) is 24.3 Å². The van der Waals surface area contributed by atoms with Crippen molar-refractivity contribution in [2.45, 2.75) is 25.7 Å². The molecule has 0 saturated carbocycles. The van der Waals surface area contributed by atoms with Gasteiger partial charge < -0.3 is 0 Å². The molecule has 0 aliphatic carbocycles. The highest BCUT2D eigenvalue weighted by atomic mass is 35.5. The summed E-state index contributed by atoms with van der Waals surface area (Å²) >= 11 is 5.86. The van der Waals surface area contributed by atoms with Crippen molar-refractivity contribution in [2.24, 2.45) is 0 Å². The summed E-state index contributed by atoms with van der Waals surface area (Å²) in [7, 11) is 0. The van der Waals surface area contributed by atoms with Crippen LogP contribution in [0.4, 0.5) is 0 Å². The van der Waals surface area contributed by atoms with Crippen LogP contribution in [0.1, 0.15) is 31.2 Å². The molecule has 1 unspecified atom stereocenters. The summed E-state index contributed by atoms with van der Waals surface area (Å²) in [6.45, 7) is 2.11. The highest BCUT2D eigenvalue weighted by Gasteiger charge is 2.04. The van der Waals surface area contributed by atoms with Crippen LogP contribution in [0.5, 0.6) is 0 Å². The van der Waals surface area contributed by atoms with E-state index < -0.39 is 0 Å². The van der Waals surface area contributed by atoms with Gasteiger partial charge in [-0.15, -0.1) is 0 Å². The molecule has 0 spiro atoms. The van der Waals surface area contributed by atoms with Gasteiger partial charge in [-0.1, -0.05) is 30.7 Å². The lowest BCUT2D eigenvalue weighted by atomic mass is 9.97. The number of nitriles is 1. The Bertz CT molecular complexity index is 314. The fourth-order valence-corrected chi connectivity index (χ4v) is 1.46. The molecule has 0 bridgehead atoms. The predicted octanol–water partition coefficient (Wildman–Crippen LogP) is 3.75. The molecule has 1 aromatic rings. The van der Waals surface area contributed by atoms with Gasteiger partial charge >= 0.3 is 0 Å². The van der Waals surface area contributed by atoms with Crippen LogP contribution in [-0.4, -0.2) is 0 Å². The van der Waals surface area contributed by atoms with Crippen molar-refractivity contribution in [3.8, 4) is 6.07 Å². The lowest BCUT2D eigenvalue weighted by molar-refractivity contribution is 0.695. The van der Waals surface area contributed by atoms with Gasteiger partial charge in [0.1, 0.15) is 0 Å². The van der Waals surface area contributed by atoms with E-state index in [0.29, 0.717) is 12.3 Å². The van der Waals surface area contributed by atoms with Gasteiger partial charge in [0.2, 0.25) is 0 Å². The molecular weight excluding hydrogens is 182 g/mol. The van der Waals surface area contributed by atoms with Crippen LogP contribution >= 0.6 is 11.6 Å². The standard InChI is InChI=1S/C11H12ClN/c1-9(4-3-7-13)10-5-2-6-11(12)8-10/h2,5-6,8-9H,3-4H2,1H3. The first-order valence-electron chi connectivity index (χ1n) is 4.36. The summed E-state index contributed by atoms with van der Waals surface area (Å²) in [6, 6.07) is 9.97. The molecule has 0 N–H and O–H groups in total. The van der Waals surface area contributed by atoms with Crippen LogP contribution in [0.2, 0.25) is 5.02 Å². The van der Waals surface area contributed by atoms with Crippen molar-refractivity contribution in [2.75, 3.05) is 0 Å². The monoisotopic (exact) mass is 193 g/mol. The van der Waals surface area contributed by atoms with E-state index in [2.05, 4.69) is 13.0 Å². The van der Waals surface area contributed by atoms with Crippen molar-refractivity contribution in [1.82, 2.24) is 0 Å². The molecular formula is C11H12ClN. The maximum Gasteiger partial charge on any atom is 0.0621 e. The zero-order valence-electron chi connectivity index (χ0n) is 7.63. The van der Waals surface area contributed by atoms with Gasteiger partial charge in [-0.2, -0.15) is 5.26 Å². The van der Waals surface area contributed by atoms with Crippen molar-refractivity contribution in [3.63, 3.8) is 0 Å². The average Bonchev–Trinajstić information content (AvgIpc) is 2.14. The van der Waals surface area contributed by atoms with Crippen LogP contribution in [0, 0.1) is 11.3 Å². The molecule has 0 aliphatic rings. The maximum absolute atomic E-state index is 8.44. The van der Waals surface area contributed by atoms with Gasteiger partial charge in [0.15, 0.2) is 0 Å². The number of halogens is 1. The number of hydrogen-bond acceptors (Lipinski definition) is 1. The first-order valence-corrected chi connectivity index (χ1v) is 4.74. The van der Waals surface area contributed by atoms with Gasteiger partial charge in [-0.25, -0.2) is 0 Å². The molecule has 68 valence electrons. The minimum atomic E-state index is 0.415. The third-order valence-electron chi connectivity index (χ3n) is 2.11. The molecule has 0 aromatic heterocycles. The summed E-state index contributed by atoms with van der Waals surface area (Å²) in [6.07, 6.45) is 1.50. The van der Waals surface area contributed by atoms with Gasteiger partial charge in [0.05, 0.1) is 6.07 Å². The minimum absolute atomic E-state index is 0.415. The lowest BCUT2D eigenvalue weighted by Gasteiger charge is -2.09. The zero-order valence-corrected chi connectivity index (χ0v) is 8.38. The van der Waals surface area contributed by atoms with Gasteiger partial charge in [0.25, 0.3) is 0 Å². The molecule has 13 heavy (non-hydrogen) atoms. The van der Waals surface area contributed by atoms with E-state index in [9.17, 15) is 0 Å². The zero-order chi connectivity index (χ0) is 9.68. The minimum Gasteiger partial charge on any atom is -0.198 e. The normalized spacial score (nSPS) is 12.1. The third kappa shape index (κ3) is 3.08. The second kappa shape index (κ2) is 4.89. The Hall–Kier alpha value is -1.00. The number of hydrogen-bond donors (Lipinski definition) is 0. The summed E-state index contributed by atoms with van der Waals surface area (Å²) in [5.74, 6) is 0.415. The molecule has 0 amide bonds. The van der Waals surface area contributed by atoms with Crippen molar-refractivity contribution in [1.29, 1.82) is 5.26 Å². The Kier molecular flexibility index (Phi) is 3.79. The molecule has 2 heteroatoms. The fraction of sp³-hybridized carbons (Fsp3) is 0.364. The summed E-state index contributed by atoms with van der Waals surface area (Å²) < 4.78 is 0. The smallest absolute Gasteiger partial charge is 0.0621 e. The number of nitrogens with zero attached hydrogens (tertiary/aromatic N) is 1. The van der Waals surface area contributed by atoms with E-state index in [4.69, 9.17) is 16.9 Å². The largest absolute Gasteiger partial charge is 0.198 e. The molecule has 0 fully saturated rings. The summed E-state index contributed by atoms with van der Waals surface area (Å²) in [5.41, 5.74) is 1.21. The quantitative estimate of drug-likeness (QED) is 0.718. The number of benzene rings is 1. The Morgan fingerprint density at radius 1 is 1.54 bits per heavy atom. The van der Waals surface area contributed by atoms with Crippen molar-refractivity contribution < 1.29 is 0 Å². The van der Waals surface area contributed by atoms with Gasteiger partial charge in [-0.3, -0.25) is 0 Å². The topological polar surface area (TPSA) is 23.8 Å². The fourth-order valence-electron chi connectivity index (χ4n) is 1.26. The lowest BCUT2D eigenvalue weighted by Crippen LogP contribution is -1.92. The first kappa shape index (κ1) is 10.1. The Morgan fingerprint density at radius 3 is 2.92 bits per heavy atom. The Balaban J connectivity index is 2.66. The summed E-state index contributed by atoms with van der Waals surface area (Å²) in [4.78, 5) is 0. The van der Waals surface area contributed by atoms with Crippen LogP contribution < -0.4 is 0 Å². The van der Waals surface area contributed by atoms with E-state index in [0.717, 1.165) is 11.4 Å². The molecule has 0 saturated heterocycles. The Labute approximate surface area is 84.0 Å². The van der Waals surface area contributed by atoms with E-state index >= 15 is 0 Å². The van der Waals surface area contributed by atoms with E-state index in [1.54, 1.807) is 0 Å².